The van der Waals surface area contributed by atoms with E-state index in [1.165, 1.54) is 35.5 Å². The fourth-order valence-corrected chi connectivity index (χ4v) is 12.1. The van der Waals surface area contributed by atoms with E-state index in [1.54, 1.807) is 48.7 Å². The van der Waals surface area contributed by atoms with Crippen LogP contribution in [-0.4, -0.2) is 156 Å². The van der Waals surface area contributed by atoms with E-state index in [4.69, 9.17) is 44.8 Å². The number of esters is 1. The van der Waals surface area contributed by atoms with Gasteiger partial charge in [0.05, 0.1) is 53.5 Å². The highest BCUT2D eigenvalue weighted by Gasteiger charge is 2.67. The molecule has 0 radical (unpaired) electrons. The van der Waals surface area contributed by atoms with Crippen LogP contribution in [-0.2, 0) is 48.0 Å². The van der Waals surface area contributed by atoms with Crippen LogP contribution in [0.3, 0.4) is 0 Å². The van der Waals surface area contributed by atoms with Crippen LogP contribution >= 0.6 is 11.6 Å². The van der Waals surface area contributed by atoms with E-state index in [1.807, 2.05) is 27.7 Å². The fraction of sp³-hybridized carbons (Fsp3) is 0.844. The number of hydrogen-bond acceptors (Lipinski definition) is 15. The molecule has 0 unspecified atom stereocenters. The summed E-state index contributed by atoms with van der Waals surface area (Å²) in [7, 11) is -2.55. The van der Waals surface area contributed by atoms with Crippen LogP contribution in [0.25, 0.3) is 0 Å². The number of benzene rings is 1. The van der Waals surface area contributed by atoms with Gasteiger partial charge in [-0.15, -0.1) is 0 Å². The number of nitrogens with one attached hydrogen (secondary N) is 1. The fourth-order valence-electron chi connectivity index (χ4n) is 10.2. The van der Waals surface area contributed by atoms with Crippen molar-refractivity contribution < 1.29 is 66.8 Å². The molecule has 1 spiro atoms. The number of nitrogens with zero attached hydrogens (tertiary/aromatic N) is 1. The molecule has 0 aromatic heterocycles. The maximum absolute atomic E-state index is 14.4. The standard InChI is InChI=1S/C45H75ClN2O14S/c1-13-19-48(63(54,55)32-17-15-31(46)16-18-32)33-20-26(4)58-41(36(33)49)62-39-27(5)37(61-35-22-43(10,56-12)45(24-57-45)30(8)59-35)28(6)40(51)60-34(14-2)44(11,53)38(50)29(7)47-23-25(3)21-42(39,9)52/h15-18,25-30,33-39,41,47,49-50,52-53H,13-14,19-24H2,1-12H3/t25-,26-,27+,28-,29-,30+,33+,34-,35+,36-,37+,38-,39-,41+,42-,43-,44-,45+/m1/s1. The number of aliphatic hydroxyl groups excluding tert-OH is 2. The molecule has 63 heavy (non-hydrogen) atoms. The van der Waals surface area contributed by atoms with Gasteiger partial charge in [0.1, 0.15) is 35.1 Å². The maximum Gasteiger partial charge on any atom is 0.311 e. The lowest BCUT2D eigenvalue weighted by Gasteiger charge is -2.49. The number of rotatable bonds is 11. The molecule has 1 aromatic rings. The summed E-state index contributed by atoms with van der Waals surface area (Å²) in [6.07, 6.45) is -8.65. The van der Waals surface area contributed by atoms with Crippen molar-refractivity contribution in [2.45, 2.75) is 203 Å². The smallest absolute Gasteiger partial charge is 0.311 e. The highest BCUT2D eigenvalue weighted by Crippen LogP contribution is 2.51. The van der Waals surface area contributed by atoms with Gasteiger partial charge in [0.15, 0.2) is 12.6 Å². The van der Waals surface area contributed by atoms with Crippen molar-refractivity contribution in [3.05, 3.63) is 29.3 Å². The third-order valence-corrected chi connectivity index (χ3v) is 16.4. The summed E-state index contributed by atoms with van der Waals surface area (Å²) >= 11 is 6.11. The molecule has 4 aliphatic heterocycles. The van der Waals surface area contributed by atoms with Crippen LogP contribution in [0.5, 0.6) is 0 Å². The van der Waals surface area contributed by atoms with Gasteiger partial charge in [0.25, 0.3) is 0 Å². The molecule has 1 aromatic carbocycles. The van der Waals surface area contributed by atoms with Gasteiger partial charge in [-0.2, -0.15) is 4.31 Å². The minimum absolute atomic E-state index is 0.0164. The molecule has 18 heteroatoms. The van der Waals surface area contributed by atoms with Crippen LogP contribution < -0.4 is 5.32 Å². The third kappa shape index (κ3) is 10.9. The first-order chi connectivity index (χ1) is 29.3. The SMILES string of the molecule is CCCN([C@H]1C[C@@H](C)O[C@@H](O[C@@H]2[C@@H](C)[C@H](O[C@H]3C[C@@](C)(OC)[C@]4(CO4)[C@H](C)O3)[C@@H](C)C(=O)O[C@H](CC)[C@@](C)(O)[C@H](O)[C@@H](C)NC[C@H](C)C[C@@]2(C)O)[C@@H]1O)S(=O)(=O)c1ccc(Cl)cc1. The second kappa shape index (κ2) is 20.4. The van der Waals surface area contributed by atoms with Crippen molar-refractivity contribution in [2.24, 2.45) is 17.8 Å². The van der Waals surface area contributed by atoms with Gasteiger partial charge in [-0.3, -0.25) is 4.79 Å². The average molecular weight is 936 g/mol. The van der Waals surface area contributed by atoms with Crippen LogP contribution in [0.15, 0.2) is 29.2 Å². The van der Waals surface area contributed by atoms with Crippen molar-refractivity contribution in [3.8, 4) is 0 Å². The molecule has 0 bridgehead atoms. The Labute approximate surface area is 379 Å². The highest BCUT2D eigenvalue weighted by atomic mass is 35.5. The van der Waals surface area contributed by atoms with E-state index in [0.29, 0.717) is 24.6 Å². The van der Waals surface area contributed by atoms with Crippen LogP contribution in [0.1, 0.15) is 108 Å². The molecule has 4 saturated heterocycles. The Hall–Kier alpha value is -1.55. The van der Waals surface area contributed by atoms with E-state index in [9.17, 15) is 33.6 Å². The molecular formula is C45H75ClN2O14S. The second-order valence-corrected chi connectivity index (χ2v) is 21.7. The number of carbonyl (C=O) groups is 1. The van der Waals surface area contributed by atoms with E-state index < -0.39 is 118 Å². The van der Waals surface area contributed by atoms with Gasteiger partial charge in [-0.1, -0.05) is 39.3 Å². The zero-order valence-corrected chi connectivity index (χ0v) is 40.7. The zero-order valence-electron chi connectivity index (χ0n) is 39.2. The lowest BCUT2D eigenvalue weighted by Crippen LogP contribution is -2.62. The third-order valence-electron chi connectivity index (χ3n) is 14.2. The Morgan fingerprint density at radius 2 is 1.60 bits per heavy atom. The Morgan fingerprint density at radius 1 is 0.968 bits per heavy atom. The monoisotopic (exact) mass is 934 g/mol. The van der Waals surface area contributed by atoms with E-state index in [2.05, 4.69) is 5.32 Å². The predicted octanol–water partition coefficient (Wildman–Crippen LogP) is 4.16. The average Bonchev–Trinajstić information content (AvgIpc) is 4.04. The molecule has 0 saturated carbocycles. The summed E-state index contributed by atoms with van der Waals surface area (Å²) < 4.78 is 74.3. The van der Waals surface area contributed by atoms with Crippen molar-refractivity contribution in [2.75, 3.05) is 26.8 Å². The molecule has 18 atom stereocenters. The number of epoxide rings is 1. The highest BCUT2D eigenvalue weighted by molar-refractivity contribution is 7.89. The van der Waals surface area contributed by atoms with Crippen molar-refractivity contribution in [3.63, 3.8) is 0 Å². The van der Waals surface area contributed by atoms with Gasteiger partial charge in [0, 0.05) is 37.1 Å². The second-order valence-electron chi connectivity index (χ2n) is 19.4. The van der Waals surface area contributed by atoms with Crippen LogP contribution in [0.4, 0.5) is 0 Å². The Bertz CT molecular complexity index is 1780. The minimum atomic E-state index is -4.15. The quantitative estimate of drug-likeness (QED) is 0.156. The first-order valence-corrected chi connectivity index (χ1v) is 24.4. The number of methoxy groups -OCH3 is 1. The Balaban J connectivity index is 1.58. The topological polar surface area (TPSA) is 215 Å². The van der Waals surface area contributed by atoms with Crippen molar-refractivity contribution >= 4 is 27.6 Å². The summed E-state index contributed by atoms with van der Waals surface area (Å²) in [6, 6.07) is 4.21. The summed E-state index contributed by atoms with van der Waals surface area (Å²) in [4.78, 5) is 14.5. The largest absolute Gasteiger partial charge is 0.459 e. The maximum atomic E-state index is 14.4. The first-order valence-electron chi connectivity index (χ1n) is 22.6. The molecule has 5 rings (SSSR count). The predicted molar refractivity (Wildman–Crippen MR) is 234 cm³/mol. The molecule has 16 nitrogen and oxygen atoms in total. The summed E-state index contributed by atoms with van der Waals surface area (Å²) in [5.41, 5.74) is -5.08. The normalized spacial score (nSPS) is 44.8. The van der Waals surface area contributed by atoms with E-state index in [0.717, 1.165) is 0 Å². The molecule has 0 aliphatic carbocycles. The van der Waals surface area contributed by atoms with Gasteiger partial charge < -0.3 is 58.9 Å². The summed E-state index contributed by atoms with van der Waals surface area (Å²) in [5, 5.41) is 51.8. The van der Waals surface area contributed by atoms with E-state index in [-0.39, 0.29) is 43.0 Å². The molecule has 0 amide bonds. The number of carbonyl (C=O) groups excluding carboxylic acids is 1. The van der Waals surface area contributed by atoms with Gasteiger partial charge in [-0.05, 0) is 111 Å². The molecule has 4 fully saturated rings. The number of aliphatic hydroxyl groups is 4. The van der Waals surface area contributed by atoms with Crippen LogP contribution in [0.2, 0.25) is 5.02 Å². The Kier molecular flexibility index (Phi) is 16.9. The van der Waals surface area contributed by atoms with Gasteiger partial charge >= 0.3 is 5.97 Å². The number of cyclic esters (lactones) is 1. The number of halogens is 1. The lowest BCUT2D eigenvalue weighted by molar-refractivity contribution is -0.314. The molecule has 362 valence electrons. The van der Waals surface area contributed by atoms with E-state index >= 15 is 0 Å². The molecule has 4 aliphatic rings. The minimum Gasteiger partial charge on any atom is -0.459 e. The number of sulfonamides is 1. The molecule has 5 N–H and O–H groups in total. The molecule has 4 heterocycles. The Morgan fingerprint density at radius 3 is 2.17 bits per heavy atom. The first kappa shape index (κ1) is 52.4. The number of ether oxygens (including phenoxy) is 7. The molecular weight excluding hydrogens is 860 g/mol. The van der Waals surface area contributed by atoms with Gasteiger partial charge in [0.2, 0.25) is 10.0 Å². The number of hydrogen-bond donors (Lipinski definition) is 5. The summed E-state index contributed by atoms with van der Waals surface area (Å²) in [5.74, 6) is -2.96. The van der Waals surface area contributed by atoms with Crippen molar-refractivity contribution in [1.82, 2.24) is 9.62 Å². The summed E-state index contributed by atoms with van der Waals surface area (Å²) in [6.45, 7) is 20.1. The zero-order chi connectivity index (χ0) is 47.0. The van der Waals surface area contributed by atoms with Crippen molar-refractivity contribution in [1.29, 1.82) is 0 Å². The van der Waals surface area contributed by atoms with Gasteiger partial charge in [-0.25, -0.2) is 8.42 Å². The lowest BCUT2D eigenvalue weighted by atomic mass is 9.77. The van der Waals surface area contributed by atoms with Crippen LogP contribution in [0, 0.1) is 17.8 Å².